The minimum atomic E-state index is 0.0840. The number of carbonyl (C=O) groups is 1. The van der Waals surface area contributed by atoms with Crippen LogP contribution in [0, 0.1) is 0 Å². The summed E-state index contributed by atoms with van der Waals surface area (Å²) < 4.78 is 5.41. The van der Waals surface area contributed by atoms with E-state index in [1.165, 1.54) is 5.56 Å². The molecule has 1 amide bonds. The van der Waals surface area contributed by atoms with E-state index in [4.69, 9.17) is 4.74 Å². The van der Waals surface area contributed by atoms with E-state index >= 15 is 0 Å². The largest absolute Gasteiger partial charge is 0.490 e. The summed E-state index contributed by atoms with van der Waals surface area (Å²) in [6, 6.07) is 8.10. The Bertz CT molecular complexity index is 413. The Morgan fingerprint density at radius 2 is 2.05 bits per heavy atom. The highest BCUT2D eigenvalue weighted by atomic mass is 16.5. The summed E-state index contributed by atoms with van der Waals surface area (Å²) in [5, 5.41) is 6.12. The first-order valence-corrected chi connectivity index (χ1v) is 6.94. The van der Waals surface area contributed by atoms with E-state index < -0.39 is 0 Å². The number of rotatable bonds is 9. The maximum absolute atomic E-state index is 11.4. The second-order valence-corrected chi connectivity index (χ2v) is 4.89. The zero-order chi connectivity index (χ0) is 14.8. The lowest BCUT2D eigenvalue weighted by molar-refractivity contribution is -0.121. The Kier molecular flexibility index (Phi) is 7.43. The van der Waals surface area contributed by atoms with Gasteiger partial charge in [-0.05, 0) is 31.5 Å². The molecule has 0 aliphatic heterocycles. The van der Waals surface area contributed by atoms with Crippen LogP contribution in [0.2, 0.25) is 0 Å². The van der Waals surface area contributed by atoms with Crippen molar-refractivity contribution in [1.29, 1.82) is 0 Å². The fourth-order valence-electron chi connectivity index (χ4n) is 1.69. The second-order valence-electron chi connectivity index (χ2n) is 4.89. The first-order chi connectivity index (χ1) is 9.61. The number of nitrogens with one attached hydrogen (secondary N) is 2. The number of hydrogen-bond acceptors (Lipinski definition) is 3. The molecule has 0 saturated carbocycles. The SMILES string of the molecule is C=CCOc1ccc(CNCCC(=O)NC(C)C)cc1. The van der Waals surface area contributed by atoms with Gasteiger partial charge in [0, 0.05) is 25.6 Å². The van der Waals surface area contributed by atoms with Crippen molar-refractivity contribution in [2.75, 3.05) is 13.2 Å². The molecule has 0 atom stereocenters. The van der Waals surface area contributed by atoms with E-state index in [1.807, 2.05) is 38.1 Å². The number of amides is 1. The molecule has 4 heteroatoms. The monoisotopic (exact) mass is 276 g/mol. The van der Waals surface area contributed by atoms with Gasteiger partial charge in [0.05, 0.1) is 0 Å². The summed E-state index contributed by atoms with van der Waals surface area (Å²) in [4.78, 5) is 11.4. The normalized spacial score (nSPS) is 10.3. The van der Waals surface area contributed by atoms with Crippen LogP contribution in [0.5, 0.6) is 5.75 Å². The summed E-state index contributed by atoms with van der Waals surface area (Å²) in [6.45, 7) is 9.46. The van der Waals surface area contributed by atoms with Gasteiger partial charge in [-0.25, -0.2) is 0 Å². The van der Waals surface area contributed by atoms with Crippen LogP contribution >= 0.6 is 0 Å². The van der Waals surface area contributed by atoms with Gasteiger partial charge in [-0.1, -0.05) is 24.8 Å². The van der Waals surface area contributed by atoms with Gasteiger partial charge in [0.2, 0.25) is 5.91 Å². The van der Waals surface area contributed by atoms with Gasteiger partial charge in [-0.15, -0.1) is 0 Å². The van der Waals surface area contributed by atoms with Crippen molar-refractivity contribution in [2.45, 2.75) is 32.9 Å². The average Bonchev–Trinajstić information content (AvgIpc) is 2.42. The van der Waals surface area contributed by atoms with Crippen molar-refractivity contribution >= 4 is 5.91 Å². The molecule has 0 spiro atoms. The highest BCUT2D eigenvalue weighted by Crippen LogP contribution is 2.11. The average molecular weight is 276 g/mol. The van der Waals surface area contributed by atoms with Gasteiger partial charge in [0.1, 0.15) is 12.4 Å². The van der Waals surface area contributed by atoms with Crippen LogP contribution in [0.3, 0.4) is 0 Å². The first-order valence-electron chi connectivity index (χ1n) is 6.94. The summed E-state index contributed by atoms with van der Waals surface area (Å²) in [5.41, 5.74) is 1.17. The molecular formula is C16H24N2O2. The Morgan fingerprint density at radius 3 is 2.65 bits per heavy atom. The Balaban J connectivity index is 2.21. The molecule has 0 aromatic heterocycles. The molecule has 0 aliphatic carbocycles. The van der Waals surface area contributed by atoms with Crippen LogP contribution in [0.4, 0.5) is 0 Å². The van der Waals surface area contributed by atoms with E-state index in [-0.39, 0.29) is 11.9 Å². The molecule has 0 bridgehead atoms. The van der Waals surface area contributed by atoms with Gasteiger partial charge >= 0.3 is 0 Å². The molecule has 110 valence electrons. The van der Waals surface area contributed by atoms with E-state index in [1.54, 1.807) is 6.08 Å². The second kappa shape index (κ2) is 9.15. The number of carbonyl (C=O) groups excluding carboxylic acids is 1. The number of hydrogen-bond donors (Lipinski definition) is 2. The van der Waals surface area contributed by atoms with Crippen molar-refractivity contribution in [3.8, 4) is 5.75 Å². The fraction of sp³-hybridized carbons (Fsp3) is 0.438. The first kappa shape index (κ1) is 16.2. The minimum absolute atomic E-state index is 0.0840. The molecule has 20 heavy (non-hydrogen) atoms. The predicted octanol–water partition coefficient (Wildman–Crippen LogP) is 2.26. The maximum atomic E-state index is 11.4. The van der Waals surface area contributed by atoms with Gasteiger partial charge < -0.3 is 15.4 Å². The van der Waals surface area contributed by atoms with Gasteiger partial charge in [0.25, 0.3) is 0 Å². The molecule has 0 saturated heterocycles. The zero-order valence-corrected chi connectivity index (χ0v) is 12.3. The lowest BCUT2D eigenvalue weighted by Crippen LogP contribution is -2.32. The molecule has 4 nitrogen and oxygen atoms in total. The van der Waals surface area contributed by atoms with Crippen molar-refractivity contribution in [3.05, 3.63) is 42.5 Å². The van der Waals surface area contributed by atoms with Crippen LogP contribution in [0.15, 0.2) is 36.9 Å². The Hall–Kier alpha value is -1.81. The molecule has 1 aromatic rings. The third-order valence-corrected chi connectivity index (χ3v) is 2.60. The maximum Gasteiger partial charge on any atom is 0.221 e. The van der Waals surface area contributed by atoms with Crippen LogP contribution in [-0.2, 0) is 11.3 Å². The molecule has 0 heterocycles. The fourth-order valence-corrected chi connectivity index (χ4v) is 1.69. The highest BCUT2D eigenvalue weighted by molar-refractivity contribution is 5.76. The standard InChI is InChI=1S/C16H24N2O2/c1-4-11-20-15-7-5-14(6-8-15)12-17-10-9-16(19)18-13(2)3/h4-8,13,17H,1,9-12H2,2-3H3,(H,18,19). The Morgan fingerprint density at radius 1 is 1.35 bits per heavy atom. The van der Waals surface area contributed by atoms with Crippen molar-refractivity contribution < 1.29 is 9.53 Å². The van der Waals surface area contributed by atoms with Crippen LogP contribution in [0.25, 0.3) is 0 Å². The lowest BCUT2D eigenvalue weighted by atomic mass is 10.2. The highest BCUT2D eigenvalue weighted by Gasteiger charge is 2.02. The molecule has 1 rings (SSSR count). The topological polar surface area (TPSA) is 50.4 Å². The van der Waals surface area contributed by atoms with Crippen molar-refractivity contribution in [2.24, 2.45) is 0 Å². The molecular weight excluding hydrogens is 252 g/mol. The molecule has 0 aliphatic rings. The Labute approximate surface area is 121 Å². The lowest BCUT2D eigenvalue weighted by Gasteiger charge is -2.09. The molecule has 2 N–H and O–H groups in total. The van der Waals surface area contributed by atoms with Gasteiger partial charge in [-0.2, -0.15) is 0 Å². The van der Waals surface area contributed by atoms with Gasteiger partial charge in [0.15, 0.2) is 0 Å². The molecule has 0 fully saturated rings. The van der Waals surface area contributed by atoms with E-state index in [0.717, 1.165) is 12.3 Å². The minimum Gasteiger partial charge on any atom is -0.490 e. The smallest absolute Gasteiger partial charge is 0.221 e. The molecule has 0 radical (unpaired) electrons. The van der Waals surface area contributed by atoms with Crippen LogP contribution in [0.1, 0.15) is 25.8 Å². The number of ether oxygens (including phenoxy) is 1. The van der Waals surface area contributed by atoms with E-state index in [2.05, 4.69) is 17.2 Å². The van der Waals surface area contributed by atoms with Gasteiger partial charge in [-0.3, -0.25) is 4.79 Å². The summed E-state index contributed by atoms with van der Waals surface area (Å²) >= 11 is 0. The summed E-state index contributed by atoms with van der Waals surface area (Å²) in [7, 11) is 0. The summed E-state index contributed by atoms with van der Waals surface area (Å²) in [6.07, 6.45) is 2.22. The molecule has 1 aromatic carbocycles. The third kappa shape index (κ3) is 6.95. The molecule has 0 unspecified atom stereocenters. The third-order valence-electron chi connectivity index (χ3n) is 2.60. The van der Waals surface area contributed by atoms with E-state index in [9.17, 15) is 4.79 Å². The number of benzene rings is 1. The summed E-state index contributed by atoms with van der Waals surface area (Å²) in [5.74, 6) is 0.922. The van der Waals surface area contributed by atoms with Crippen molar-refractivity contribution in [1.82, 2.24) is 10.6 Å². The quantitative estimate of drug-likeness (QED) is 0.537. The van der Waals surface area contributed by atoms with Crippen molar-refractivity contribution in [3.63, 3.8) is 0 Å². The van der Waals surface area contributed by atoms with E-state index in [0.29, 0.717) is 19.6 Å². The zero-order valence-electron chi connectivity index (χ0n) is 12.3. The van der Waals surface area contributed by atoms with Crippen LogP contribution in [-0.4, -0.2) is 25.1 Å². The predicted molar refractivity (Wildman–Crippen MR) is 81.7 cm³/mol. The van der Waals surface area contributed by atoms with Crippen LogP contribution < -0.4 is 15.4 Å².